The second-order valence-electron chi connectivity index (χ2n) is 5.66. The number of hydrogen-bond acceptors (Lipinski definition) is 7. The summed E-state index contributed by atoms with van der Waals surface area (Å²) in [7, 11) is 4.27. The standard InChI is InChI=1S/C20H19NO6/c1-24-13-9-10-14(15(11-13)25-2)18-16(19(22)26-3)17(20(23)27-18)21-12-7-5-4-6-8-12/h4-11,18,21H,1-3H3. The Kier molecular flexibility index (Phi) is 5.30. The zero-order valence-electron chi connectivity index (χ0n) is 15.1. The molecular weight excluding hydrogens is 350 g/mol. The Labute approximate surface area is 156 Å². The Morgan fingerprint density at radius 1 is 1.04 bits per heavy atom. The molecule has 1 aliphatic rings. The van der Waals surface area contributed by atoms with E-state index in [2.05, 4.69) is 5.32 Å². The lowest BCUT2D eigenvalue weighted by atomic mass is 10.00. The van der Waals surface area contributed by atoms with Crippen LogP contribution in [0.2, 0.25) is 0 Å². The van der Waals surface area contributed by atoms with Crippen LogP contribution in [0.25, 0.3) is 0 Å². The third-order valence-electron chi connectivity index (χ3n) is 4.13. The molecule has 0 fully saturated rings. The van der Waals surface area contributed by atoms with E-state index in [9.17, 15) is 9.59 Å². The molecule has 1 heterocycles. The normalized spacial score (nSPS) is 16.0. The summed E-state index contributed by atoms with van der Waals surface area (Å²) >= 11 is 0. The van der Waals surface area contributed by atoms with Crippen LogP contribution in [0, 0.1) is 0 Å². The number of nitrogens with one attached hydrogen (secondary N) is 1. The maximum Gasteiger partial charge on any atom is 0.356 e. The molecule has 0 amide bonds. The van der Waals surface area contributed by atoms with E-state index in [1.165, 1.54) is 21.3 Å². The molecule has 7 heteroatoms. The number of cyclic esters (lactones) is 1. The van der Waals surface area contributed by atoms with E-state index < -0.39 is 18.0 Å². The molecule has 1 atom stereocenters. The summed E-state index contributed by atoms with van der Waals surface area (Å²) in [6.07, 6.45) is -0.961. The number of esters is 2. The largest absolute Gasteiger partial charge is 0.497 e. The number of carbonyl (C=O) groups excluding carboxylic acids is 2. The Morgan fingerprint density at radius 2 is 1.78 bits per heavy atom. The smallest absolute Gasteiger partial charge is 0.356 e. The van der Waals surface area contributed by atoms with Crippen LogP contribution in [0.5, 0.6) is 11.5 Å². The summed E-state index contributed by atoms with van der Waals surface area (Å²) in [4.78, 5) is 24.9. The topological polar surface area (TPSA) is 83.1 Å². The molecule has 0 aromatic heterocycles. The van der Waals surface area contributed by atoms with Gasteiger partial charge in [0.05, 0.1) is 21.3 Å². The second-order valence-corrected chi connectivity index (χ2v) is 5.66. The van der Waals surface area contributed by atoms with Crippen LogP contribution in [0.15, 0.2) is 59.8 Å². The van der Waals surface area contributed by atoms with Gasteiger partial charge in [0.15, 0.2) is 6.10 Å². The molecule has 140 valence electrons. The number of para-hydroxylation sites is 1. The molecule has 0 bridgehead atoms. The molecule has 1 N–H and O–H groups in total. The second kappa shape index (κ2) is 7.82. The number of hydrogen-bond donors (Lipinski definition) is 1. The maximum absolute atomic E-state index is 12.5. The van der Waals surface area contributed by atoms with Gasteiger partial charge in [-0.1, -0.05) is 18.2 Å². The van der Waals surface area contributed by atoms with Crippen molar-refractivity contribution in [3.05, 3.63) is 65.4 Å². The highest BCUT2D eigenvalue weighted by molar-refractivity contribution is 6.06. The van der Waals surface area contributed by atoms with Gasteiger partial charge in [0.25, 0.3) is 0 Å². The molecule has 0 aliphatic carbocycles. The van der Waals surface area contributed by atoms with Gasteiger partial charge in [0.1, 0.15) is 22.8 Å². The first kappa shape index (κ1) is 18.3. The van der Waals surface area contributed by atoms with Gasteiger partial charge >= 0.3 is 11.9 Å². The van der Waals surface area contributed by atoms with E-state index in [0.29, 0.717) is 22.7 Å². The zero-order chi connectivity index (χ0) is 19.4. The molecule has 0 saturated heterocycles. The molecule has 1 aliphatic heterocycles. The van der Waals surface area contributed by atoms with Crippen molar-refractivity contribution in [2.24, 2.45) is 0 Å². The third-order valence-corrected chi connectivity index (χ3v) is 4.13. The Balaban J connectivity index is 2.08. The first-order valence-electron chi connectivity index (χ1n) is 8.16. The number of benzene rings is 2. The zero-order valence-corrected chi connectivity index (χ0v) is 15.1. The Bertz CT molecular complexity index is 891. The van der Waals surface area contributed by atoms with Crippen molar-refractivity contribution in [1.82, 2.24) is 0 Å². The van der Waals surface area contributed by atoms with Crippen LogP contribution < -0.4 is 14.8 Å². The lowest BCUT2D eigenvalue weighted by Crippen LogP contribution is -2.15. The first-order chi connectivity index (χ1) is 13.1. The first-order valence-corrected chi connectivity index (χ1v) is 8.16. The molecule has 27 heavy (non-hydrogen) atoms. The minimum atomic E-state index is -0.961. The number of ether oxygens (including phenoxy) is 4. The number of rotatable bonds is 6. The fourth-order valence-corrected chi connectivity index (χ4v) is 2.82. The van der Waals surface area contributed by atoms with Crippen LogP contribution >= 0.6 is 0 Å². The summed E-state index contributed by atoms with van der Waals surface area (Å²) in [6.45, 7) is 0. The number of anilines is 1. The quantitative estimate of drug-likeness (QED) is 0.784. The maximum atomic E-state index is 12.5. The van der Waals surface area contributed by atoms with Gasteiger partial charge in [0.2, 0.25) is 0 Å². The minimum Gasteiger partial charge on any atom is -0.497 e. The molecule has 0 radical (unpaired) electrons. The van der Waals surface area contributed by atoms with Crippen molar-refractivity contribution in [2.45, 2.75) is 6.10 Å². The van der Waals surface area contributed by atoms with Crippen LogP contribution in [0.3, 0.4) is 0 Å². The molecule has 3 rings (SSSR count). The summed E-state index contributed by atoms with van der Waals surface area (Å²) < 4.78 is 20.9. The van der Waals surface area contributed by atoms with Crippen molar-refractivity contribution in [3.63, 3.8) is 0 Å². The lowest BCUT2D eigenvalue weighted by molar-refractivity contribution is -0.141. The minimum absolute atomic E-state index is 0.0379. The van der Waals surface area contributed by atoms with Gasteiger partial charge in [-0.3, -0.25) is 0 Å². The van der Waals surface area contributed by atoms with Gasteiger partial charge in [0, 0.05) is 17.3 Å². The molecule has 2 aromatic rings. The summed E-state index contributed by atoms with van der Waals surface area (Å²) in [6, 6.07) is 14.1. The van der Waals surface area contributed by atoms with Crippen molar-refractivity contribution < 1.29 is 28.5 Å². The highest BCUT2D eigenvalue weighted by Gasteiger charge is 2.41. The van der Waals surface area contributed by atoms with E-state index in [4.69, 9.17) is 18.9 Å². The molecule has 0 spiro atoms. The highest BCUT2D eigenvalue weighted by atomic mass is 16.6. The van der Waals surface area contributed by atoms with E-state index in [0.717, 1.165) is 0 Å². The van der Waals surface area contributed by atoms with Crippen LogP contribution in [-0.4, -0.2) is 33.3 Å². The predicted octanol–water partition coefficient (Wildman–Crippen LogP) is 2.84. The molecule has 0 saturated carbocycles. The van der Waals surface area contributed by atoms with Crippen LogP contribution in [0.4, 0.5) is 5.69 Å². The Hall–Kier alpha value is -3.48. The monoisotopic (exact) mass is 369 g/mol. The van der Waals surface area contributed by atoms with Crippen LogP contribution in [0.1, 0.15) is 11.7 Å². The summed E-state index contributed by atoms with van der Waals surface area (Å²) in [5.74, 6) is -0.315. The summed E-state index contributed by atoms with van der Waals surface area (Å²) in [5, 5.41) is 2.95. The lowest BCUT2D eigenvalue weighted by Gasteiger charge is -2.17. The predicted molar refractivity (Wildman–Crippen MR) is 97.5 cm³/mol. The van der Waals surface area contributed by atoms with Crippen molar-refractivity contribution in [1.29, 1.82) is 0 Å². The number of carbonyl (C=O) groups is 2. The van der Waals surface area contributed by atoms with Crippen molar-refractivity contribution in [3.8, 4) is 11.5 Å². The molecule has 7 nitrogen and oxygen atoms in total. The third kappa shape index (κ3) is 3.57. The van der Waals surface area contributed by atoms with E-state index >= 15 is 0 Å². The highest BCUT2D eigenvalue weighted by Crippen LogP contribution is 2.41. The van der Waals surface area contributed by atoms with E-state index in [1.807, 2.05) is 18.2 Å². The van der Waals surface area contributed by atoms with Crippen LogP contribution in [-0.2, 0) is 19.1 Å². The van der Waals surface area contributed by atoms with E-state index in [-0.39, 0.29) is 11.3 Å². The average molecular weight is 369 g/mol. The van der Waals surface area contributed by atoms with Gasteiger partial charge in [-0.2, -0.15) is 0 Å². The van der Waals surface area contributed by atoms with E-state index in [1.54, 1.807) is 30.3 Å². The van der Waals surface area contributed by atoms with Gasteiger partial charge < -0.3 is 24.3 Å². The molecule has 1 unspecified atom stereocenters. The molecular formula is C20H19NO6. The fourth-order valence-electron chi connectivity index (χ4n) is 2.82. The number of methoxy groups -OCH3 is 3. The Morgan fingerprint density at radius 3 is 2.41 bits per heavy atom. The SMILES string of the molecule is COC(=O)C1=C(Nc2ccccc2)C(=O)OC1c1ccc(OC)cc1OC. The fraction of sp³-hybridized carbons (Fsp3) is 0.200. The van der Waals surface area contributed by atoms with Gasteiger partial charge in [-0.25, -0.2) is 9.59 Å². The van der Waals surface area contributed by atoms with Crippen molar-refractivity contribution >= 4 is 17.6 Å². The summed E-state index contributed by atoms with van der Waals surface area (Å²) in [5.41, 5.74) is 1.27. The average Bonchev–Trinajstić information content (AvgIpc) is 3.03. The molecule has 2 aromatic carbocycles. The van der Waals surface area contributed by atoms with Crippen molar-refractivity contribution in [2.75, 3.05) is 26.6 Å². The van der Waals surface area contributed by atoms with Gasteiger partial charge in [-0.05, 0) is 24.3 Å². The van der Waals surface area contributed by atoms with Gasteiger partial charge in [-0.15, -0.1) is 0 Å².